The summed E-state index contributed by atoms with van der Waals surface area (Å²) < 4.78 is 2.07. The van der Waals surface area contributed by atoms with Crippen molar-refractivity contribution in [2.45, 2.75) is 52.0 Å². The van der Waals surface area contributed by atoms with Crippen molar-refractivity contribution in [2.75, 3.05) is 5.32 Å². The summed E-state index contributed by atoms with van der Waals surface area (Å²) in [5, 5.41) is 8.37. The van der Waals surface area contributed by atoms with Crippen LogP contribution in [0.15, 0.2) is 42.5 Å². The maximum atomic E-state index is 12.6. The van der Waals surface area contributed by atoms with Crippen molar-refractivity contribution in [3.8, 4) is 0 Å². The molecule has 6 heteroatoms. The molecule has 0 radical (unpaired) electrons. The molecule has 1 fully saturated rings. The Morgan fingerprint density at radius 2 is 1.97 bits per heavy atom. The Kier molecular flexibility index (Phi) is 6.23. The van der Waals surface area contributed by atoms with Gasteiger partial charge in [0, 0.05) is 39.9 Å². The number of aromatic nitrogens is 2. The van der Waals surface area contributed by atoms with E-state index >= 15 is 0 Å². The fourth-order valence-corrected chi connectivity index (χ4v) is 4.26. The van der Waals surface area contributed by atoms with Crippen molar-refractivity contribution in [3.63, 3.8) is 0 Å². The molecule has 1 aliphatic carbocycles. The highest BCUT2D eigenvalue weighted by Gasteiger charge is 2.31. The van der Waals surface area contributed by atoms with E-state index in [0.717, 1.165) is 53.6 Å². The predicted molar refractivity (Wildman–Crippen MR) is 123 cm³/mol. The van der Waals surface area contributed by atoms with Crippen LogP contribution in [0.3, 0.4) is 0 Å². The zero-order chi connectivity index (χ0) is 22.0. The maximum Gasteiger partial charge on any atom is 0.255 e. The summed E-state index contributed by atoms with van der Waals surface area (Å²) in [4.78, 5) is 23.8. The average molecular weight is 436 g/mol. The first-order valence-corrected chi connectivity index (χ1v) is 11.1. The Morgan fingerprint density at radius 3 is 2.58 bits per heavy atom. The van der Waals surface area contributed by atoms with Crippen molar-refractivity contribution in [1.29, 1.82) is 0 Å². The molecule has 1 heterocycles. The molecule has 3 aromatic rings. The normalized spacial score (nSPS) is 13.3. The highest BCUT2D eigenvalue weighted by molar-refractivity contribution is 6.30. The van der Waals surface area contributed by atoms with E-state index in [1.165, 1.54) is 5.69 Å². The summed E-state index contributed by atoms with van der Waals surface area (Å²) in [6.07, 6.45) is 4.56. The minimum atomic E-state index is -0.156. The largest absolute Gasteiger partial charge is 0.322 e. The van der Waals surface area contributed by atoms with Crippen LogP contribution in [0.4, 0.5) is 5.69 Å². The molecule has 2 aromatic carbocycles. The van der Waals surface area contributed by atoms with Gasteiger partial charge in [0.2, 0.25) is 0 Å². The van der Waals surface area contributed by atoms with Crippen LogP contribution < -0.4 is 5.32 Å². The molecular formula is C25H26ClN3O2. The smallest absolute Gasteiger partial charge is 0.255 e. The van der Waals surface area contributed by atoms with Crippen LogP contribution in [0.1, 0.15) is 64.1 Å². The first-order valence-electron chi connectivity index (χ1n) is 10.7. The van der Waals surface area contributed by atoms with Crippen LogP contribution in [0.25, 0.3) is 0 Å². The summed E-state index contributed by atoms with van der Waals surface area (Å²) in [5.41, 5.74) is 6.64. The van der Waals surface area contributed by atoms with Gasteiger partial charge in [-0.1, -0.05) is 30.7 Å². The first-order chi connectivity index (χ1) is 15.0. The first kappa shape index (κ1) is 21.3. The van der Waals surface area contributed by atoms with E-state index in [4.69, 9.17) is 16.7 Å². The molecule has 1 aliphatic rings. The van der Waals surface area contributed by atoms with Gasteiger partial charge < -0.3 is 10.1 Å². The topological polar surface area (TPSA) is 64.0 Å². The molecule has 0 atom stereocenters. The van der Waals surface area contributed by atoms with Gasteiger partial charge in [-0.25, -0.2) is 0 Å². The molecule has 0 unspecified atom stereocenters. The van der Waals surface area contributed by atoms with Crippen molar-refractivity contribution in [2.24, 2.45) is 0 Å². The number of carbonyl (C=O) groups excluding carboxylic acids is 2. The Bertz CT molecular complexity index is 1110. The molecule has 1 aromatic heterocycles. The van der Waals surface area contributed by atoms with Crippen LogP contribution in [-0.4, -0.2) is 22.0 Å². The third kappa shape index (κ3) is 4.72. The Morgan fingerprint density at radius 1 is 1.23 bits per heavy atom. The van der Waals surface area contributed by atoms with E-state index in [9.17, 15) is 9.59 Å². The molecule has 0 saturated heterocycles. The van der Waals surface area contributed by atoms with Crippen molar-refractivity contribution in [3.05, 3.63) is 81.1 Å². The maximum absolute atomic E-state index is 12.6. The van der Waals surface area contributed by atoms with E-state index in [1.54, 1.807) is 18.2 Å². The molecular weight excluding hydrogens is 410 g/mol. The number of benzene rings is 2. The number of carbonyl (C=O) groups is 2. The van der Waals surface area contributed by atoms with Crippen LogP contribution >= 0.6 is 11.6 Å². The zero-order valence-corrected chi connectivity index (χ0v) is 18.6. The van der Waals surface area contributed by atoms with Gasteiger partial charge in [0.25, 0.3) is 5.91 Å². The fraction of sp³-hybridized carbons (Fsp3) is 0.320. The molecule has 4 rings (SSSR count). The summed E-state index contributed by atoms with van der Waals surface area (Å²) >= 11 is 5.98. The number of halogens is 1. The summed E-state index contributed by atoms with van der Waals surface area (Å²) in [6.45, 7) is 4.61. The lowest BCUT2D eigenvalue weighted by atomic mass is 10.1. The van der Waals surface area contributed by atoms with Gasteiger partial charge in [-0.05, 0) is 67.6 Å². The SMILES string of the molecule is CCc1nn(Cc2ccc(NC(=O)c3ccc(Cl)cc3C)cc2)c(C2CC2)c1CC=O. The summed E-state index contributed by atoms with van der Waals surface area (Å²) in [5.74, 6) is 0.361. The second-order valence-corrected chi connectivity index (χ2v) is 8.51. The molecule has 0 spiro atoms. The molecule has 0 aliphatic heterocycles. The highest BCUT2D eigenvalue weighted by Crippen LogP contribution is 2.42. The molecule has 160 valence electrons. The number of aldehydes is 1. The van der Waals surface area contributed by atoms with Crippen LogP contribution in [0.5, 0.6) is 0 Å². The molecule has 1 saturated carbocycles. The minimum absolute atomic E-state index is 0.156. The van der Waals surface area contributed by atoms with Crippen molar-refractivity contribution >= 4 is 29.5 Å². The average Bonchev–Trinajstić information content (AvgIpc) is 3.52. The number of hydrogen-bond donors (Lipinski definition) is 1. The van der Waals surface area contributed by atoms with E-state index in [1.807, 2.05) is 31.2 Å². The Labute approximate surface area is 187 Å². The van der Waals surface area contributed by atoms with Crippen molar-refractivity contribution < 1.29 is 9.59 Å². The highest BCUT2D eigenvalue weighted by atomic mass is 35.5. The Hall–Kier alpha value is -2.92. The van der Waals surface area contributed by atoms with E-state index in [0.29, 0.717) is 29.5 Å². The standard InChI is InChI=1S/C25H26ClN3O2/c1-3-23-22(12-13-30)24(18-6-7-18)29(28-23)15-17-4-9-20(10-5-17)27-25(31)21-11-8-19(26)14-16(21)2/h4-5,8-11,13-14,18H,3,6-7,12,15H2,1-2H3,(H,27,31). The van der Waals surface area contributed by atoms with Gasteiger partial charge in [-0.3, -0.25) is 9.48 Å². The second-order valence-electron chi connectivity index (χ2n) is 8.08. The Balaban J connectivity index is 1.50. The van der Waals surface area contributed by atoms with Gasteiger partial charge in [-0.15, -0.1) is 0 Å². The van der Waals surface area contributed by atoms with Gasteiger partial charge in [0.15, 0.2) is 0 Å². The molecule has 0 bridgehead atoms. The van der Waals surface area contributed by atoms with E-state index < -0.39 is 0 Å². The number of nitrogens with one attached hydrogen (secondary N) is 1. The van der Waals surface area contributed by atoms with Gasteiger partial charge >= 0.3 is 0 Å². The molecule has 31 heavy (non-hydrogen) atoms. The molecule has 1 amide bonds. The fourth-order valence-electron chi connectivity index (χ4n) is 4.03. The number of aryl methyl sites for hydroxylation is 2. The second kappa shape index (κ2) is 9.06. The van der Waals surface area contributed by atoms with Crippen LogP contribution in [0.2, 0.25) is 5.02 Å². The number of amides is 1. The van der Waals surface area contributed by atoms with Gasteiger partial charge in [0.1, 0.15) is 6.29 Å². The van der Waals surface area contributed by atoms with Gasteiger partial charge in [0.05, 0.1) is 12.2 Å². The molecule has 5 nitrogen and oxygen atoms in total. The van der Waals surface area contributed by atoms with Crippen molar-refractivity contribution in [1.82, 2.24) is 9.78 Å². The monoisotopic (exact) mass is 435 g/mol. The quantitative estimate of drug-likeness (QED) is 0.486. The lowest BCUT2D eigenvalue weighted by Gasteiger charge is -2.11. The zero-order valence-electron chi connectivity index (χ0n) is 17.8. The van der Waals surface area contributed by atoms with Gasteiger partial charge in [-0.2, -0.15) is 5.10 Å². The van der Waals surface area contributed by atoms with Crippen LogP contribution in [0, 0.1) is 6.92 Å². The lowest BCUT2D eigenvalue weighted by molar-refractivity contribution is -0.107. The number of nitrogens with zero attached hydrogens (tertiary/aromatic N) is 2. The third-order valence-electron chi connectivity index (χ3n) is 5.74. The predicted octanol–water partition coefficient (Wildman–Crippen LogP) is 5.33. The summed E-state index contributed by atoms with van der Waals surface area (Å²) in [6, 6.07) is 13.1. The third-order valence-corrected chi connectivity index (χ3v) is 5.98. The number of hydrogen-bond acceptors (Lipinski definition) is 3. The minimum Gasteiger partial charge on any atom is -0.322 e. The summed E-state index contributed by atoms with van der Waals surface area (Å²) in [7, 11) is 0. The van der Waals surface area contributed by atoms with Crippen LogP contribution in [-0.2, 0) is 24.2 Å². The lowest BCUT2D eigenvalue weighted by Crippen LogP contribution is -2.13. The molecule has 1 N–H and O–H groups in total. The van der Waals surface area contributed by atoms with E-state index in [-0.39, 0.29) is 5.91 Å². The number of rotatable bonds is 8. The number of anilines is 1. The van der Waals surface area contributed by atoms with E-state index in [2.05, 4.69) is 16.9 Å².